The number of halogens is 2. The molecule has 1 heterocycles. The predicted molar refractivity (Wildman–Crippen MR) is 86.7 cm³/mol. The van der Waals surface area contributed by atoms with Gasteiger partial charge in [-0.3, -0.25) is 4.57 Å². The summed E-state index contributed by atoms with van der Waals surface area (Å²) in [5, 5.41) is 0.736. The second kappa shape index (κ2) is 5.35. The molecule has 0 aliphatic rings. The van der Waals surface area contributed by atoms with E-state index in [1.807, 2.05) is 36.8 Å². The van der Waals surface area contributed by atoms with Crippen LogP contribution in [-0.4, -0.2) is 9.55 Å². The fourth-order valence-electron chi connectivity index (χ4n) is 1.96. The largest absolute Gasteiger partial charge is 0.299 e. The van der Waals surface area contributed by atoms with Crippen molar-refractivity contribution >= 4 is 34.2 Å². The molecule has 0 radical (unpaired) electrons. The third-order valence-electron chi connectivity index (χ3n) is 2.86. The van der Waals surface area contributed by atoms with Crippen molar-refractivity contribution in [3.8, 4) is 16.9 Å². The SMILES string of the molecule is Clc1ccc(-n2cncc2-c2cccc(I)c2)cc1. The maximum Gasteiger partial charge on any atom is 0.0997 e. The zero-order valence-electron chi connectivity index (χ0n) is 9.92. The minimum Gasteiger partial charge on any atom is -0.299 e. The third-order valence-corrected chi connectivity index (χ3v) is 3.79. The van der Waals surface area contributed by atoms with Gasteiger partial charge in [0, 0.05) is 19.8 Å². The van der Waals surface area contributed by atoms with Crippen LogP contribution >= 0.6 is 34.2 Å². The quantitative estimate of drug-likeness (QED) is 0.584. The Morgan fingerprint density at radius 1 is 1.05 bits per heavy atom. The molecular weight excluding hydrogens is 371 g/mol. The Morgan fingerprint density at radius 2 is 1.84 bits per heavy atom. The van der Waals surface area contributed by atoms with E-state index < -0.39 is 0 Å². The molecule has 2 nitrogen and oxygen atoms in total. The van der Waals surface area contributed by atoms with Crippen LogP contribution in [-0.2, 0) is 0 Å². The highest BCUT2D eigenvalue weighted by Gasteiger charge is 2.07. The number of benzene rings is 2. The third kappa shape index (κ3) is 2.67. The molecule has 0 atom stereocenters. The average molecular weight is 381 g/mol. The Balaban J connectivity index is 2.10. The summed E-state index contributed by atoms with van der Waals surface area (Å²) in [6.07, 6.45) is 3.69. The molecule has 0 saturated carbocycles. The first kappa shape index (κ1) is 12.7. The Morgan fingerprint density at radius 3 is 2.58 bits per heavy atom. The van der Waals surface area contributed by atoms with E-state index in [4.69, 9.17) is 11.6 Å². The molecule has 0 amide bonds. The first-order valence-corrected chi connectivity index (χ1v) is 7.24. The van der Waals surface area contributed by atoms with Gasteiger partial charge >= 0.3 is 0 Å². The molecule has 19 heavy (non-hydrogen) atoms. The van der Waals surface area contributed by atoms with Crippen molar-refractivity contribution in [2.24, 2.45) is 0 Å². The van der Waals surface area contributed by atoms with Crippen LogP contribution in [0.1, 0.15) is 0 Å². The zero-order valence-corrected chi connectivity index (χ0v) is 12.8. The molecule has 3 rings (SSSR count). The van der Waals surface area contributed by atoms with Gasteiger partial charge in [-0.05, 0) is 59.0 Å². The van der Waals surface area contributed by atoms with E-state index in [0.29, 0.717) is 0 Å². The highest BCUT2D eigenvalue weighted by molar-refractivity contribution is 14.1. The molecule has 0 aliphatic carbocycles. The van der Waals surface area contributed by atoms with E-state index >= 15 is 0 Å². The van der Waals surface area contributed by atoms with Crippen molar-refractivity contribution in [2.45, 2.75) is 0 Å². The van der Waals surface area contributed by atoms with E-state index in [1.165, 1.54) is 3.57 Å². The molecule has 3 aromatic rings. The van der Waals surface area contributed by atoms with Crippen LogP contribution < -0.4 is 0 Å². The second-order valence-electron chi connectivity index (χ2n) is 4.14. The highest BCUT2D eigenvalue weighted by atomic mass is 127. The van der Waals surface area contributed by atoms with Gasteiger partial charge in [-0.2, -0.15) is 0 Å². The topological polar surface area (TPSA) is 17.8 Å². The van der Waals surface area contributed by atoms with Crippen LogP contribution in [0, 0.1) is 3.57 Å². The van der Waals surface area contributed by atoms with Crippen LogP contribution in [0.25, 0.3) is 16.9 Å². The molecule has 0 unspecified atom stereocenters. The first-order chi connectivity index (χ1) is 9.24. The Bertz CT molecular complexity index is 704. The number of rotatable bonds is 2. The highest BCUT2D eigenvalue weighted by Crippen LogP contribution is 2.24. The van der Waals surface area contributed by atoms with Gasteiger partial charge in [-0.15, -0.1) is 0 Å². The molecule has 0 spiro atoms. The molecule has 94 valence electrons. The minimum absolute atomic E-state index is 0.736. The number of nitrogens with zero attached hydrogens (tertiary/aromatic N) is 2. The van der Waals surface area contributed by atoms with Crippen molar-refractivity contribution in [2.75, 3.05) is 0 Å². The second-order valence-corrected chi connectivity index (χ2v) is 5.82. The zero-order chi connectivity index (χ0) is 13.2. The van der Waals surface area contributed by atoms with Gasteiger partial charge < -0.3 is 0 Å². The van der Waals surface area contributed by atoms with E-state index in [-0.39, 0.29) is 0 Å². The molecule has 1 aromatic heterocycles. The van der Waals surface area contributed by atoms with Crippen LogP contribution in [0.3, 0.4) is 0 Å². The Hall–Kier alpha value is -1.33. The number of imidazole rings is 1. The fourth-order valence-corrected chi connectivity index (χ4v) is 2.63. The summed E-state index contributed by atoms with van der Waals surface area (Å²) in [6.45, 7) is 0. The lowest BCUT2D eigenvalue weighted by molar-refractivity contribution is 1.06. The number of hydrogen-bond acceptors (Lipinski definition) is 1. The van der Waals surface area contributed by atoms with Crippen LogP contribution in [0.2, 0.25) is 5.02 Å². The summed E-state index contributed by atoms with van der Waals surface area (Å²) >= 11 is 8.24. The normalized spacial score (nSPS) is 10.6. The molecule has 0 fully saturated rings. The maximum atomic E-state index is 5.92. The standard InChI is InChI=1S/C15H10ClIN2/c16-12-4-6-14(7-5-12)19-10-18-9-15(19)11-2-1-3-13(17)8-11/h1-10H. The summed E-state index contributed by atoms with van der Waals surface area (Å²) in [4.78, 5) is 4.25. The fraction of sp³-hybridized carbons (Fsp3) is 0. The van der Waals surface area contributed by atoms with Crippen LogP contribution in [0.4, 0.5) is 0 Å². The predicted octanol–water partition coefficient (Wildman–Crippen LogP) is 4.80. The Kier molecular flexibility index (Phi) is 3.57. The molecule has 0 N–H and O–H groups in total. The summed E-state index contributed by atoms with van der Waals surface area (Å²) in [5.74, 6) is 0. The summed E-state index contributed by atoms with van der Waals surface area (Å²) in [6, 6.07) is 16.1. The lowest BCUT2D eigenvalue weighted by Gasteiger charge is -2.08. The summed E-state index contributed by atoms with van der Waals surface area (Å²) in [7, 11) is 0. The van der Waals surface area contributed by atoms with Gasteiger partial charge in [0.15, 0.2) is 0 Å². The van der Waals surface area contributed by atoms with Crippen molar-refractivity contribution in [1.29, 1.82) is 0 Å². The van der Waals surface area contributed by atoms with Gasteiger partial charge in [0.05, 0.1) is 18.2 Å². The van der Waals surface area contributed by atoms with Crippen molar-refractivity contribution in [1.82, 2.24) is 9.55 Å². The van der Waals surface area contributed by atoms with Crippen molar-refractivity contribution in [3.63, 3.8) is 0 Å². The molecule has 0 aliphatic heterocycles. The molecular formula is C15H10ClIN2. The maximum absolute atomic E-state index is 5.92. The molecule has 0 saturated heterocycles. The van der Waals surface area contributed by atoms with Gasteiger partial charge in [0.2, 0.25) is 0 Å². The van der Waals surface area contributed by atoms with Gasteiger partial charge in [-0.1, -0.05) is 23.7 Å². The molecule has 0 bridgehead atoms. The van der Waals surface area contributed by atoms with E-state index in [9.17, 15) is 0 Å². The van der Waals surface area contributed by atoms with E-state index in [1.54, 1.807) is 0 Å². The van der Waals surface area contributed by atoms with E-state index in [2.05, 4.69) is 56.4 Å². The van der Waals surface area contributed by atoms with Gasteiger partial charge in [-0.25, -0.2) is 4.98 Å². The van der Waals surface area contributed by atoms with Crippen LogP contribution in [0.15, 0.2) is 61.1 Å². The number of aromatic nitrogens is 2. The average Bonchev–Trinajstić information content (AvgIpc) is 2.89. The number of hydrogen-bond donors (Lipinski definition) is 0. The lowest BCUT2D eigenvalue weighted by Crippen LogP contribution is -1.94. The Labute approximate surface area is 130 Å². The lowest BCUT2D eigenvalue weighted by atomic mass is 10.1. The van der Waals surface area contributed by atoms with Crippen LogP contribution in [0.5, 0.6) is 0 Å². The van der Waals surface area contributed by atoms with Gasteiger partial charge in [0.25, 0.3) is 0 Å². The summed E-state index contributed by atoms with van der Waals surface area (Å²) < 4.78 is 3.26. The monoisotopic (exact) mass is 380 g/mol. The summed E-state index contributed by atoms with van der Waals surface area (Å²) in [5.41, 5.74) is 3.27. The minimum atomic E-state index is 0.736. The van der Waals surface area contributed by atoms with Gasteiger partial charge in [0.1, 0.15) is 0 Å². The first-order valence-electron chi connectivity index (χ1n) is 5.78. The molecule has 2 aromatic carbocycles. The van der Waals surface area contributed by atoms with Crippen molar-refractivity contribution < 1.29 is 0 Å². The van der Waals surface area contributed by atoms with E-state index in [0.717, 1.165) is 22.0 Å². The van der Waals surface area contributed by atoms with Crippen molar-refractivity contribution in [3.05, 3.63) is 69.6 Å². The smallest absolute Gasteiger partial charge is 0.0997 e. The molecule has 4 heteroatoms.